The van der Waals surface area contributed by atoms with Crippen molar-refractivity contribution in [2.45, 2.75) is 19.4 Å². The van der Waals surface area contributed by atoms with Gasteiger partial charge in [-0.1, -0.05) is 18.2 Å². The van der Waals surface area contributed by atoms with E-state index in [2.05, 4.69) is 15.2 Å². The quantitative estimate of drug-likeness (QED) is 0.616. The van der Waals surface area contributed by atoms with E-state index >= 15 is 0 Å². The highest BCUT2D eigenvalue weighted by Gasteiger charge is 2.26. The Morgan fingerprint density at radius 1 is 1.09 bits per heavy atom. The molecule has 0 saturated carbocycles. The number of hydrogen-bond donors (Lipinski definition) is 2. The maximum absolute atomic E-state index is 13.1. The highest BCUT2D eigenvalue weighted by atomic mass is 16.2. The Morgan fingerprint density at radius 3 is 2.59 bits per heavy atom. The summed E-state index contributed by atoms with van der Waals surface area (Å²) in [6, 6.07) is 10.0. The van der Waals surface area contributed by atoms with Crippen molar-refractivity contribution in [2.75, 3.05) is 39.8 Å². The van der Waals surface area contributed by atoms with Gasteiger partial charge in [-0.25, -0.2) is 0 Å². The third-order valence-corrected chi connectivity index (χ3v) is 6.05. The molecule has 3 heterocycles. The number of rotatable bonds is 6. The monoisotopic (exact) mass is 435 g/mol. The van der Waals surface area contributed by atoms with E-state index in [1.165, 1.54) is 16.8 Å². The number of H-pyrrole nitrogens is 1. The summed E-state index contributed by atoms with van der Waals surface area (Å²) < 4.78 is 1.40. The van der Waals surface area contributed by atoms with E-state index in [-0.39, 0.29) is 17.4 Å². The van der Waals surface area contributed by atoms with Crippen molar-refractivity contribution >= 4 is 22.7 Å². The fourth-order valence-corrected chi connectivity index (χ4v) is 4.18. The minimum atomic E-state index is -0.762. The summed E-state index contributed by atoms with van der Waals surface area (Å²) in [4.78, 5) is 46.1. The van der Waals surface area contributed by atoms with Crippen molar-refractivity contribution in [1.82, 2.24) is 24.7 Å². The summed E-state index contributed by atoms with van der Waals surface area (Å²) in [5, 5.41) is 3.85. The first-order chi connectivity index (χ1) is 15.5. The number of amides is 2. The van der Waals surface area contributed by atoms with Gasteiger partial charge in [0.25, 0.3) is 11.5 Å². The molecule has 4 rings (SSSR count). The highest BCUT2D eigenvalue weighted by molar-refractivity contribution is 5.94. The van der Waals surface area contributed by atoms with E-state index in [1.54, 1.807) is 11.0 Å². The van der Waals surface area contributed by atoms with Gasteiger partial charge in [-0.05, 0) is 31.7 Å². The predicted octanol–water partition coefficient (Wildman–Crippen LogP) is 1.64. The van der Waals surface area contributed by atoms with Crippen molar-refractivity contribution in [3.63, 3.8) is 0 Å². The number of aromatic nitrogens is 2. The summed E-state index contributed by atoms with van der Waals surface area (Å²) in [7, 11) is 2.03. The molecule has 8 heteroatoms. The van der Waals surface area contributed by atoms with Crippen LogP contribution in [-0.4, -0.2) is 70.9 Å². The summed E-state index contributed by atoms with van der Waals surface area (Å²) in [6.45, 7) is 5.21. The van der Waals surface area contributed by atoms with Crippen LogP contribution in [0.4, 0.5) is 0 Å². The van der Waals surface area contributed by atoms with E-state index in [0.717, 1.165) is 29.6 Å². The lowest BCUT2D eigenvalue weighted by Crippen LogP contribution is -2.47. The first-order valence-corrected chi connectivity index (χ1v) is 11.0. The van der Waals surface area contributed by atoms with Gasteiger partial charge in [-0.2, -0.15) is 0 Å². The Hall–Kier alpha value is -3.39. The number of hydrogen-bond acceptors (Lipinski definition) is 4. The second-order valence-corrected chi connectivity index (χ2v) is 8.23. The molecule has 0 aliphatic carbocycles. The van der Waals surface area contributed by atoms with E-state index in [0.29, 0.717) is 31.6 Å². The average molecular weight is 436 g/mol. The number of aromatic amines is 1. The number of piperazine rings is 1. The molecule has 8 nitrogen and oxygen atoms in total. The summed E-state index contributed by atoms with van der Waals surface area (Å²) in [5.74, 6) is -0.363. The van der Waals surface area contributed by atoms with Crippen LogP contribution in [0.1, 0.15) is 28.9 Å². The Labute approximate surface area is 186 Å². The molecule has 1 aliphatic rings. The van der Waals surface area contributed by atoms with E-state index < -0.39 is 6.04 Å². The lowest BCUT2D eigenvalue weighted by Gasteiger charge is -2.32. The number of carbonyl (C=O) groups is 2. The van der Waals surface area contributed by atoms with Gasteiger partial charge in [-0.3, -0.25) is 14.4 Å². The van der Waals surface area contributed by atoms with Crippen molar-refractivity contribution < 1.29 is 9.59 Å². The molecule has 32 heavy (non-hydrogen) atoms. The zero-order valence-corrected chi connectivity index (χ0v) is 18.5. The Balaban J connectivity index is 1.67. The van der Waals surface area contributed by atoms with Crippen LogP contribution in [0.15, 0.2) is 53.6 Å². The molecule has 0 spiro atoms. The van der Waals surface area contributed by atoms with Gasteiger partial charge in [0.1, 0.15) is 6.04 Å². The lowest BCUT2D eigenvalue weighted by atomic mass is 10.0. The van der Waals surface area contributed by atoms with Gasteiger partial charge in [0.2, 0.25) is 5.91 Å². The van der Waals surface area contributed by atoms with E-state index in [4.69, 9.17) is 0 Å². The minimum absolute atomic E-state index is 0.117. The van der Waals surface area contributed by atoms with Crippen molar-refractivity contribution in [3.05, 3.63) is 70.3 Å². The normalized spacial score (nSPS) is 15.6. The number of carbonyl (C=O) groups excluding carboxylic acids is 2. The molecular formula is C24H29N5O3. The smallest absolute Gasteiger partial charge is 0.255 e. The SMILES string of the molecule is CCNC(=O)C(Cc1c[nH]c2ccccc12)n1cc(C(=O)N2CCN(C)CC2)ccc1=O. The van der Waals surface area contributed by atoms with Gasteiger partial charge in [-0.15, -0.1) is 0 Å². The van der Waals surface area contributed by atoms with Gasteiger partial charge in [0.05, 0.1) is 5.56 Å². The van der Waals surface area contributed by atoms with Crippen LogP contribution >= 0.6 is 0 Å². The van der Waals surface area contributed by atoms with Crippen LogP contribution in [0, 0.1) is 0 Å². The number of fused-ring (bicyclic) bond motifs is 1. The largest absolute Gasteiger partial charge is 0.361 e. The second-order valence-electron chi connectivity index (χ2n) is 8.23. The molecule has 1 aromatic carbocycles. The summed E-state index contributed by atoms with van der Waals surface area (Å²) >= 11 is 0. The average Bonchev–Trinajstić information content (AvgIpc) is 3.21. The topological polar surface area (TPSA) is 90.4 Å². The first-order valence-electron chi connectivity index (χ1n) is 11.0. The van der Waals surface area contributed by atoms with Crippen LogP contribution in [0.2, 0.25) is 0 Å². The van der Waals surface area contributed by atoms with Crippen LogP contribution < -0.4 is 10.9 Å². The Morgan fingerprint density at radius 2 is 1.84 bits per heavy atom. The molecule has 3 aromatic rings. The number of benzene rings is 1. The molecule has 1 unspecified atom stereocenters. The summed E-state index contributed by atoms with van der Waals surface area (Å²) in [5.41, 5.74) is 2.03. The summed E-state index contributed by atoms with van der Waals surface area (Å²) in [6.07, 6.45) is 3.75. The maximum atomic E-state index is 13.1. The molecule has 1 aliphatic heterocycles. The van der Waals surface area contributed by atoms with Crippen LogP contribution in [-0.2, 0) is 11.2 Å². The number of pyridine rings is 1. The Kier molecular flexibility index (Phi) is 6.41. The fourth-order valence-electron chi connectivity index (χ4n) is 4.18. The Bertz CT molecular complexity index is 1170. The predicted molar refractivity (Wildman–Crippen MR) is 124 cm³/mol. The molecule has 1 atom stereocenters. The van der Waals surface area contributed by atoms with Gasteiger partial charge < -0.3 is 24.7 Å². The molecule has 2 N–H and O–H groups in total. The molecule has 1 saturated heterocycles. The van der Waals surface area contributed by atoms with Crippen LogP contribution in [0.25, 0.3) is 10.9 Å². The zero-order chi connectivity index (χ0) is 22.7. The number of nitrogens with one attached hydrogen (secondary N) is 2. The lowest BCUT2D eigenvalue weighted by molar-refractivity contribution is -0.124. The highest BCUT2D eigenvalue weighted by Crippen LogP contribution is 2.23. The van der Waals surface area contributed by atoms with Crippen molar-refractivity contribution in [1.29, 1.82) is 0 Å². The minimum Gasteiger partial charge on any atom is -0.361 e. The third-order valence-electron chi connectivity index (χ3n) is 6.05. The van der Waals surface area contributed by atoms with Crippen LogP contribution in [0.3, 0.4) is 0 Å². The van der Waals surface area contributed by atoms with Gasteiger partial charge >= 0.3 is 0 Å². The number of likely N-dealkylation sites (N-methyl/N-ethyl adjacent to an activating group) is 2. The molecule has 2 aromatic heterocycles. The van der Waals surface area contributed by atoms with Crippen molar-refractivity contribution in [2.24, 2.45) is 0 Å². The molecule has 0 bridgehead atoms. The molecular weight excluding hydrogens is 406 g/mol. The fraction of sp³-hybridized carbons (Fsp3) is 0.375. The third kappa shape index (κ3) is 4.45. The van der Waals surface area contributed by atoms with E-state index in [9.17, 15) is 14.4 Å². The standard InChI is InChI=1S/C24H29N5O3/c1-3-25-23(31)21(14-18-15-26-20-7-5-4-6-19(18)20)29-16-17(8-9-22(29)30)24(32)28-12-10-27(2)11-13-28/h4-9,15-16,21,26H,3,10-14H2,1-2H3,(H,25,31). The van der Waals surface area contributed by atoms with Gasteiger partial charge in [0.15, 0.2) is 0 Å². The van der Waals surface area contributed by atoms with Crippen LogP contribution in [0.5, 0.6) is 0 Å². The number of nitrogens with zero attached hydrogens (tertiary/aromatic N) is 3. The second kappa shape index (κ2) is 9.40. The molecule has 0 radical (unpaired) electrons. The molecule has 2 amide bonds. The zero-order valence-electron chi connectivity index (χ0n) is 18.5. The maximum Gasteiger partial charge on any atom is 0.255 e. The number of para-hydroxylation sites is 1. The first kappa shape index (κ1) is 21.8. The van der Waals surface area contributed by atoms with E-state index in [1.807, 2.05) is 44.4 Å². The molecule has 1 fully saturated rings. The molecule has 168 valence electrons. The van der Waals surface area contributed by atoms with Gasteiger partial charge in [0, 0.05) is 68.5 Å². The van der Waals surface area contributed by atoms with Crippen molar-refractivity contribution in [3.8, 4) is 0 Å².